The maximum absolute atomic E-state index is 6.62. The van der Waals surface area contributed by atoms with Gasteiger partial charge in [-0.2, -0.15) is 0 Å². The molecular formula is C52H39NO2. The van der Waals surface area contributed by atoms with E-state index in [1.807, 2.05) is 18.2 Å². The molecule has 55 heavy (non-hydrogen) atoms. The second kappa shape index (κ2) is 13.5. The number of hydrogen-bond donors (Lipinski definition) is 0. The fourth-order valence-corrected chi connectivity index (χ4v) is 8.32. The zero-order valence-electron chi connectivity index (χ0n) is 30.9. The third kappa shape index (κ3) is 5.59. The molecule has 0 saturated carbocycles. The molecule has 0 aliphatic rings. The number of fused-ring (bicyclic) bond motifs is 6. The van der Waals surface area contributed by atoms with Gasteiger partial charge in [0.05, 0.1) is 0 Å². The molecule has 0 saturated heterocycles. The third-order valence-corrected chi connectivity index (χ3v) is 11.1. The van der Waals surface area contributed by atoms with Crippen molar-refractivity contribution in [3.05, 3.63) is 187 Å². The van der Waals surface area contributed by atoms with E-state index in [1.54, 1.807) is 0 Å². The molecule has 0 fully saturated rings. The predicted octanol–water partition coefficient (Wildman–Crippen LogP) is 15.1. The van der Waals surface area contributed by atoms with Crippen molar-refractivity contribution in [3.8, 4) is 33.4 Å². The highest BCUT2D eigenvalue weighted by Gasteiger charge is 2.21. The number of hydrogen-bond acceptors (Lipinski definition) is 3. The topological polar surface area (TPSA) is 29.5 Å². The third-order valence-electron chi connectivity index (χ3n) is 11.1. The maximum Gasteiger partial charge on any atom is 0.143 e. The quantitative estimate of drug-likeness (QED) is 0.157. The Morgan fingerprint density at radius 2 is 0.927 bits per heavy atom. The Morgan fingerprint density at radius 1 is 0.382 bits per heavy atom. The number of furan rings is 2. The van der Waals surface area contributed by atoms with Crippen molar-refractivity contribution in [2.75, 3.05) is 4.90 Å². The van der Waals surface area contributed by atoms with Gasteiger partial charge in [0.2, 0.25) is 0 Å². The fraction of sp³-hybridized carbons (Fsp3) is 0.0769. The van der Waals surface area contributed by atoms with Gasteiger partial charge >= 0.3 is 0 Å². The minimum atomic E-state index is 0.879. The monoisotopic (exact) mass is 709 g/mol. The molecule has 8 aromatic carbocycles. The van der Waals surface area contributed by atoms with E-state index in [0.717, 1.165) is 84.9 Å². The average molecular weight is 710 g/mol. The van der Waals surface area contributed by atoms with Gasteiger partial charge in [-0.25, -0.2) is 0 Å². The van der Waals surface area contributed by atoms with Crippen molar-refractivity contribution >= 4 is 60.9 Å². The van der Waals surface area contributed by atoms with E-state index in [4.69, 9.17) is 8.83 Å². The Balaban J connectivity index is 1.10. The first kappa shape index (κ1) is 32.8. The molecule has 264 valence electrons. The summed E-state index contributed by atoms with van der Waals surface area (Å²) in [5.41, 5.74) is 16.6. The van der Waals surface area contributed by atoms with Crippen LogP contribution in [0.1, 0.15) is 25.0 Å². The van der Waals surface area contributed by atoms with Crippen LogP contribution in [0.3, 0.4) is 0 Å². The largest absolute Gasteiger partial charge is 0.455 e. The lowest BCUT2D eigenvalue weighted by atomic mass is 9.91. The van der Waals surface area contributed by atoms with Crippen LogP contribution in [0.4, 0.5) is 17.1 Å². The van der Waals surface area contributed by atoms with Gasteiger partial charge < -0.3 is 13.7 Å². The van der Waals surface area contributed by atoms with E-state index in [0.29, 0.717) is 0 Å². The first-order chi connectivity index (χ1) is 27.2. The zero-order valence-corrected chi connectivity index (χ0v) is 30.9. The summed E-state index contributed by atoms with van der Waals surface area (Å²) in [6, 6.07) is 62.8. The summed E-state index contributed by atoms with van der Waals surface area (Å²) in [5, 5.41) is 4.58. The van der Waals surface area contributed by atoms with Gasteiger partial charge in [0.1, 0.15) is 22.3 Å². The molecule has 0 bridgehead atoms. The summed E-state index contributed by atoms with van der Waals surface area (Å²) < 4.78 is 13.0. The molecule has 0 spiro atoms. The van der Waals surface area contributed by atoms with Crippen molar-refractivity contribution in [3.63, 3.8) is 0 Å². The summed E-state index contributed by atoms with van der Waals surface area (Å²) in [7, 11) is 0. The van der Waals surface area contributed by atoms with Crippen LogP contribution in [0, 0.1) is 0 Å². The van der Waals surface area contributed by atoms with Crippen molar-refractivity contribution in [1.82, 2.24) is 0 Å². The van der Waals surface area contributed by atoms with Crippen LogP contribution >= 0.6 is 0 Å². The molecule has 0 aliphatic heterocycles. The first-order valence-corrected chi connectivity index (χ1v) is 19.2. The molecule has 0 N–H and O–H groups in total. The smallest absolute Gasteiger partial charge is 0.143 e. The highest BCUT2D eigenvalue weighted by Crippen LogP contribution is 2.44. The summed E-state index contributed by atoms with van der Waals surface area (Å²) in [5.74, 6) is 0. The Bertz CT molecular complexity index is 2990. The van der Waals surface area contributed by atoms with E-state index >= 15 is 0 Å². The SMILES string of the molecule is CCc1cc(N(c2ccc(-c3ccccc3)cc2)c2ccc(-c3cccc4c3oc3ccccc34)cc2)ccc1-c1c(CC)ccc2c1oc1ccccc12. The molecule has 0 amide bonds. The molecule has 3 heteroatoms. The number of para-hydroxylation sites is 3. The second-order valence-electron chi connectivity index (χ2n) is 14.2. The molecule has 0 unspecified atom stereocenters. The fourth-order valence-electron chi connectivity index (χ4n) is 8.32. The lowest BCUT2D eigenvalue weighted by Gasteiger charge is -2.27. The van der Waals surface area contributed by atoms with Gasteiger partial charge in [-0.1, -0.05) is 141 Å². The number of rotatable bonds is 8. The van der Waals surface area contributed by atoms with Crippen LogP contribution < -0.4 is 4.90 Å². The number of aryl methyl sites for hydroxylation is 2. The van der Waals surface area contributed by atoms with Crippen LogP contribution in [0.15, 0.2) is 185 Å². The maximum atomic E-state index is 6.62. The lowest BCUT2D eigenvalue weighted by molar-refractivity contribution is 0.669. The van der Waals surface area contributed by atoms with E-state index in [2.05, 4.69) is 176 Å². The Morgan fingerprint density at radius 3 is 1.60 bits per heavy atom. The lowest BCUT2D eigenvalue weighted by Crippen LogP contribution is -2.10. The first-order valence-electron chi connectivity index (χ1n) is 19.2. The van der Waals surface area contributed by atoms with Crippen LogP contribution in [0.2, 0.25) is 0 Å². The van der Waals surface area contributed by atoms with Crippen molar-refractivity contribution in [1.29, 1.82) is 0 Å². The van der Waals surface area contributed by atoms with Crippen LogP contribution in [0.5, 0.6) is 0 Å². The second-order valence-corrected chi connectivity index (χ2v) is 14.2. The number of benzene rings is 8. The molecular weight excluding hydrogens is 671 g/mol. The molecule has 0 radical (unpaired) electrons. The molecule has 3 nitrogen and oxygen atoms in total. The molecule has 2 aromatic heterocycles. The van der Waals surface area contributed by atoms with Crippen LogP contribution in [-0.2, 0) is 12.8 Å². The highest BCUT2D eigenvalue weighted by molar-refractivity contribution is 6.11. The van der Waals surface area contributed by atoms with Crippen molar-refractivity contribution < 1.29 is 8.83 Å². The molecule has 0 atom stereocenters. The summed E-state index contributed by atoms with van der Waals surface area (Å²) in [6.07, 6.45) is 1.80. The summed E-state index contributed by atoms with van der Waals surface area (Å²) >= 11 is 0. The minimum Gasteiger partial charge on any atom is -0.455 e. The van der Waals surface area contributed by atoms with E-state index < -0.39 is 0 Å². The van der Waals surface area contributed by atoms with Crippen LogP contribution in [-0.4, -0.2) is 0 Å². The standard InChI is InChI=1S/C52H39NO2/c1-3-34-25-31-47-45-16-9-11-20-49(45)55-52(47)50(34)42-32-30-41(33-35(42)4-2)53(39-26-21-37(22-27-39)36-13-6-5-7-14-36)40-28-23-38(24-29-40)43-17-12-18-46-44-15-8-10-19-48(44)54-51(43)46/h5-33H,3-4H2,1-2H3. The van der Waals surface area contributed by atoms with E-state index in [1.165, 1.54) is 33.4 Å². The van der Waals surface area contributed by atoms with E-state index in [-0.39, 0.29) is 0 Å². The Hall–Kier alpha value is -6.84. The van der Waals surface area contributed by atoms with Gasteiger partial charge in [0.25, 0.3) is 0 Å². The minimum absolute atomic E-state index is 0.879. The summed E-state index contributed by atoms with van der Waals surface area (Å²) in [4.78, 5) is 2.37. The van der Waals surface area contributed by atoms with Crippen molar-refractivity contribution in [2.45, 2.75) is 26.7 Å². The Kier molecular flexibility index (Phi) is 8.07. The molecule has 10 rings (SSSR count). The average Bonchev–Trinajstić information content (AvgIpc) is 3.83. The zero-order chi connectivity index (χ0) is 36.9. The molecule has 10 aromatic rings. The molecule has 2 heterocycles. The van der Waals surface area contributed by atoms with Gasteiger partial charge in [-0.05, 0) is 94.8 Å². The predicted molar refractivity (Wildman–Crippen MR) is 231 cm³/mol. The molecule has 0 aliphatic carbocycles. The van der Waals surface area contributed by atoms with Gasteiger partial charge in [-0.15, -0.1) is 0 Å². The Labute approximate surface area is 320 Å². The number of anilines is 3. The van der Waals surface area contributed by atoms with Gasteiger partial charge in [-0.3, -0.25) is 0 Å². The van der Waals surface area contributed by atoms with Gasteiger partial charge in [0, 0.05) is 49.7 Å². The number of nitrogens with zero attached hydrogens (tertiary/aromatic N) is 1. The van der Waals surface area contributed by atoms with Gasteiger partial charge in [0.15, 0.2) is 0 Å². The highest BCUT2D eigenvalue weighted by atomic mass is 16.3. The van der Waals surface area contributed by atoms with Crippen molar-refractivity contribution in [2.24, 2.45) is 0 Å². The van der Waals surface area contributed by atoms with Crippen LogP contribution in [0.25, 0.3) is 77.3 Å². The summed E-state index contributed by atoms with van der Waals surface area (Å²) in [6.45, 7) is 4.48. The normalized spacial score (nSPS) is 11.6. The van der Waals surface area contributed by atoms with E-state index in [9.17, 15) is 0 Å².